The molecule has 5 heteroatoms. The molecule has 0 bridgehead atoms. The molecule has 2 atom stereocenters. The fourth-order valence-electron chi connectivity index (χ4n) is 3.11. The van der Waals surface area contributed by atoms with Crippen molar-refractivity contribution in [3.05, 3.63) is 30.1 Å². The summed E-state index contributed by atoms with van der Waals surface area (Å²) in [5, 5.41) is 9.22. The van der Waals surface area contributed by atoms with Gasteiger partial charge in [-0.1, -0.05) is 0 Å². The Bertz CT molecular complexity index is 461. The topological polar surface area (TPSA) is 79.5 Å². The maximum absolute atomic E-state index is 11.2. The van der Waals surface area contributed by atoms with E-state index in [1.54, 1.807) is 17.3 Å². The average molecular weight is 277 g/mol. The van der Waals surface area contributed by atoms with Crippen LogP contribution in [0, 0.1) is 5.92 Å². The number of nitrogens with two attached hydrogens (primary N) is 1. The van der Waals surface area contributed by atoms with Crippen LogP contribution in [0.1, 0.15) is 44.7 Å². The summed E-state index contributed by atoms with van der Waals surface area (Å²) in [4.78, 5) is 16.8. The number of hydrogen-bond donors (Lipinski definition) is 2. The molecule has 1 aromatic rings. The van der Waals surface area contributed by atoms with Crippen molar-refractivity contribution in [1.29, 1.82) is 0 Å². The molecule has 1 unspecified atom stereocenters. The third-order valence-corrected chi connectivity index (χ3v) is 4.21. The number of carbonyl (C=O) groups is 1. The van der Waals surface area contributed by atoms with Crippen LogP contribution in [0.3, 0.4) is 0 Å². The second kappa shape index (κ2) is 5.79. The highest BCUT2D eigenvalue weighted by Crippen LogP contribution is 2.35. The number of aromatic nitrogens is 1. The molecule has 1 saturated heterocycles. The summed E-state index contributed by atoms with van der Waals surface area (Å²) < 4.78 is 0. The van der Waals surface area contributed by atoms with Crippen molar-refractivity contribution in [2.75, 3.05) is 6.54 Å². The van der Waals surface area contributed by atoms with E-state index in [1.807, 2.05) is 26.0 Å². The minimum absolute atomic E-state index is 0.00000898. The highest BCUT2D eigenvalue weighted by atomic mass is 16.4. The maximum Gasteiger partial charge on any atom is 0.407 e. The summed E-state index contributed by atoms with van der Waals surface area (Å²) in [6, 6.07) is 3.87. The summed E-state index contributed by atoms with van der Waals surface area (Å²) in [6.45, 7) is 4.60. The van der Waals surface area contributed by atoms with Crippen molar-refractivity contribution >= 4 is 6.09 Å². The van der Waals surface area contributed by atoms with Gasteiger partial charge in [-0.2, -0.15) is 0 Å². The van der Waals surface area contributed by atoms with Gasteiger partial charge in [-0.15, -0.1) is 0 Å². The first-order valence-electron chi connectivity index (χ1n) is 7.06. The van der Waals surface area contributed by atoms with Gasteiger partial charge in [0.05, 0.1) is 0 Å². The third-order valence-electron chi connectivity index (χ3n) is 4.21. The molecule has 1 fully saturated rings. The molecule has 0 aliphatic carbocycles. The predicted octanol–water partition coefficient (Wildman–Crippen LogP) is 2.64. The maximum atomic E-state index is 11.2. The highest BCUT2D eigenvalue weighted by Gasteiger charge is 2.40. The Hall–Kier alpha value is -1.62. The average Bonchev–Trinajstić information content (AvgIpc) is 2.72. The first-order chi connectivity index (χ1) is 9.40. The van der Waals surface area contributed by atoms with Gasteiger partial charge in [-0.05, 0) is 56.7 Å². The zero-order valence-corrected chi connectivity index (χ0v) is 12.1. The fourth-order valence-corrected chi connectivity index (χ4v) is 3.11. The zero-order chi connectivity index (χ0) is 14.8. The van der Waals surface area contributed by atoms with Crippen LogP contribution in [0.5, 0.6) is 0 Å². The first kappa shape index (κ1) is 14.8. The molecule has 1 aliphatic heterocycles. The quantitative estimate of drug-likeness (QED) is 0.886. The zero-order valence-electron chi connectivity index (χ0n) is 12.1. The van der Waals surface area contributed by atoms with Crippen LogP contribution in [0.2, 0.25) is 0 Å². The summed E-state index contributed by atoms with van der Waals surface area (Å²) in [6.07, 6.45) is 5.41. The molecule has 1 aliphatic rings. The van der Waals surface area contributed by atoms with Crippen molar-refractivity contribution in [3.63, 3.8) is 0 Å². The van der Waals surface area contributed by atoms with Crippen molar-refractivity contribution in [1.82, 2.24) is 9.88 Å². The van der Waals surface area contributed by atoms with E-state index in [1.165, 1.54) is 0 Å². The largest absolute Gasteiger partial charge is 0.465 e. The summed E-state index contributed by atoms with van der Waals surface area (Å²) in [7, 11) is 0. The summed E-state index contributed by atoms with van der Waals surface area (Å²) in [5.41, 5.74) is 7.00. The molecular formula is C15H23N3O2. The molecule has 1 amide bonds. The Morgan fingerprint density at radius 3 is 2.75 bits per heavy atom. The van der Waals surface area contributed by atoms with E-state index in [0.717, 1.165) is 24.8 Å². The molecule has 0 saturated carbocycles. The first-order valence-corrected chi connectivity index (χ1v) is 7.06. The molecule has 0 spiro atoms. The monoisotopic (exact) mass is 277 g/mol. The molecule has 110 valence electrons. The van der Waals surface area contributed by atoms with Gasteiger partial charge in [0, 0.05) is 30.5 Å². The van der Waals surface area contributed by atoms with Crippen LogP contribution in [0.25, 0.3) is 0 Å². The van der Waals surface area contributed by atoms with E-state index in [9.17, 15) is 9.90 Å². The molecule has 0 aromatic carbocycles. The van der Waals surface area contributed by atoms with Gasteiger partial charge in [-0.3, -0.25) is 4.98 Å². The summed E-state index contributed by atoms with van der Waals surface area (Å²) in [5.74, 6) is 0.397. The minimum atomic E-state index is -0.823. The van der Waals surface area contributed by atoms with Crippen LogP contribution in [-0.4, -0.2) is 33.2 Å². The Kier molecular flexibility index (Phi) is 4.28. The number of rotatable bonds is 4. The lowest BCUT2D eigenvalue weighted by molar-refractivity contribution is 0.117. The molecule has 2 heterocycles. The number of likely N-dealkylation sites (tertiary alicyclic amines) is 1. The second-order valence-electron chi connectivity index (χ2n) is 6.24. The molecular weight excluding hydrogens is 254 g/mol. The smallest absolute Gasteiger partial charge is 0.407 e. The SMILES string of the molecule is CC1(C)C[C@H](CCC(N)c2ccncc2)CN1C(=O)O. The predicted molar refractivity (Wildman–Crippen MR) is 77.3 cm³/mol. The van der Waals surface area contributed by atoms with Gasteiger partial charge in [0.25, 0.3) is 0 Å². The number of hydrogen-bond acceptors (Lipinski definition) is 3. The molecule has 3 N–H and O–H groups in total. The van der Waals surface area contributed by atoms with Crippen molar-refractivity contribution in [2.24, 2.45) is 11.7 Å². The Morgan fingerprint density at radius 2 is 2.20 bits per heavy atom. The standard InChI is InChI=1S/C15H23N3O2/c1-15(2)9-11(10-18(15)14(19)20)3-4-13(16)12-5-7-17-8-6-12/h5-8,11,13H,3-4,9-10,16H2,1-2H3,(H,19,20)/t11-,13?/m0/s1. The van der Waals surface area contributed by atoms with Gasteiger partial charge in [-0.25, -0.2) is 4.79 Å². The third kappa shape index (κ3) is 3.28. The lowest BCUT2D eigenvalue weighted by atomic mass is 9.91. The van der Waals surface area contributed by atoms with Crippen LogP contribution in [0.15, 0.2) is 24.5 Å². The van der Waals surface area contributed by atoms with Crippen LogP contribution in [-0.2, 0) is 0 Å². The van der Waals surface area contributed by atoms with Crippen LogP contribution in [0.4, 0.5) is 4.79 Å². The van der Waals surface area contributed by atoms with E-state index in [4.69, 9.17) is 5.73 Å². The molecule has 1 aromatic heterocycles. The lowest BCUT2D eigenvalue weighted by Crippen LogP contribution is -2.41. The van der Waals surface area contributed by atoms with Gasteiger partial charge < -0.3 is 15.7 Å². The van der Waals surface area contributed by atoms with Crippen molar-refractivity contribution in [3.8, 4) is 0 Å². The van der Waals surface area contributed by atoms with E-state index in [0.29, 0.717) is 12.5 Å². The van der Waals surface area contributed by atoms with E-state index in [2.05, 4.69) is 4.98 Å². The molecule has 20 heavy (non-hydrogen) atoms. The van der Waals surface area contributed by atoms with E-state index < -0.39 is 6.09 Å². The number of carboxylic acid groups (broad SMARTS) is 1. The number of nitrogens with zero attached hydrogens (tertiary/aromatic N) is 2. The minimum Gasteiger partial charge on any atom is -0.465 e. The van der Waals surface area contributed by atoms with Gasteiger partial charge >= 0.3 is 6.09 Å². The number of pyridine rings is 1. The second-order valence-corrected chi connectivity index (χ2v) is 6.24. The fraction of sp³-hybridized carbons (Fsp3) is 0.600. The Morgan fingerprint density at radius 1 is 1.55 bits per heavy atom. The normalized spacial score (nSPS) is 22.8. The van der Waals surface area contributed by atoms with Crippen molar-refractivity contribution < 1.29 is 9.90 Å². The molecule has 2 rings (SSSR count). The van der Waals surface area contributed by atoms with Gasteiger partial charge in [0.1, 0.15) is 0 Å². The summed E-state index contributed by atoms with van der Waals surface area (Å²) >= 11 is 0. The lowest BCUT2D eigenvalue weighted by Gasteiger charge is -2.28. The molecule has 5 nitrogen and oxygen atoms in total. The van der Waals surface area contributed by atoms with Crippen LogP contribution >= 0.6 is 0 Å². The highest BCUT2D eigenvalue weighted by molar-refractivity contribution is 5.66. The van der Waals surface area contributed by atoms with Gasteiger partial charge in [0.2, 0.25) is 0 Å². The molecule has 0 radical (unpaired) electrons. The Balaban J connectivity index is 1.88. The van der Waals surface area contributed by atoms with Gasteiger partial charge in [0.15, 0.2) is 0 Å². The van der Waals surface area contributed by atoms with E-state index >= 15 is 0 Å². The van der Waals surface area contributed by atoms with Crippen LogP contribution < -0.4 is 5.73 Å². The van der Waals surface area contributed by atoms with E-state index in [-0.39, 0.29) is 11.6 Å². The number of amides is 1. The van der Waals surface area contributed by atoms with Crippen molar-refractivity contribution in [2.45, 2.75) is 44.7 Å². The Labute approximate surface area is 119 Å².